The minimum atomic E-state index is 0.456. The van der Waals surface area contributed by atoms with Gasteiger partial charge in [-0.25, -0.2) is 9.98 Å². The molecule has 1 aliphatic heterocycles. The highest BCUT2D eigenvalue weighted by Crippen LogP contribution is 2.27. The second-order valence-electron chi connectivity index (χ2n) is 4.37. The Kier molecular flexibility index (Phi) is 3.36. The summed E-state index contributed by atoms with van der Waals surface area (Å²) in [5.74, 6) is 1.60. The summed E-state index contributed by atoms with van der Waals surface area (Å²) in [5, 5.41) is 0. The van der Waals surface area contributed by atoms with E-state index in [4.69, 9.17) is 4.74 Å². The van der Waals surface area contributed by atoms with Gasteiger partial charge in [0.1, 0.15) is 12.5 Å². The van der Waals surface area contributed by atoms with Gasteiger partial charge in [0.05, 0.1) is 12.4 Å². The first kappa shape index (κ1) is 10.6. The van der Waals surface area contributed by atoms with Crippen LogP contribution in [0.3, 0.4) is 0 Å². The third kappa shape index (κ3) is 2.56. The van der Waals surface area contributed by atoms with Gasteiger partial charge >= 0.3 is 0 Å². The maximum atomic E-state index is 5.36. The van der Waals surface area contributed by atoms with Gasteiger partial charge in [-0.05, 0) is 25.7 Å². The van der Waals surface area contributed by atoms with Crippen LogP contribution in [0, 0.1) is 5.92 Å². The first-order chi connectivity index (χ1) is 7.29. The van der Waals surface area contributed by atoms with Crippen molar-refractivity contribution in [1.29, 1.82) is 0 Å². The molecule has 0 saturated heterocycles. The fraction of sp³-hybridized carbons (Fsp3) is 0.818. The molecule has 0 aromatic heterocycles. The molecule has 2 rings (SSSR count). The Labute approximate surface area is 91.0 Å². The van der Waals surface area contributed by atoms with Crippen LogP contribution in [0.4, 0.5) is 0 Å². The molecule has 1 fully saturated rings. The molecule has 1 saturated carbocycles. The summed E-state index contributed by atoms with van der Waals surface area (Å²) < 4.78 is 5.36. The predicted octanol–water partition coefficient (Wildman–Crippen LogP) is 1.52. The maximum absolute atomic E-state index is 5.36. The van der Waals surface area contributed by atoms with Crippen molar-refractivity contribution in [2.45, 2.75) is 31.8 Å². The lowest BCUT2D eigenvalue weighted by Crippen LogP contribution is -2.29. The summed E-state index contributed by atoms with van der Waals surface area (Å²) in [4.78, 5) is 10.9. The number of ether oxygens (including phenoxy) is 1. The number of aliphatic imine (C=N–C) groups is 2. The number of nitrogens with zero attached hydrogens (tertiary/aromatic N) is 3. The third-order valence-electron chi connectivity index (χ3n) is 3.22. The lowest BCUT2D eigenvalue weighted by atomic mass is 9.86. The van der Waals surface area contributed by atoms with Gasteiger partial charge < -0.3 is 9.64 Å². The Morgan fingerprint density at radius 2 is 2.07 bits per heavy atom. The molecule has 2 aliphatic rings. The van der Waals surface area contributed by atoms with Gasteiger partial charge in [-0.3, -0.25) is 0 Å². The third-order valence-corrected chi connectivity index (χ3v) is 3.22. The van der Waals surface area contributed by atoms with Crippen LogP contribution in [-0.2, 0) is 4.74 Å². The maximum Gasteiger partial charge on any atom is 0.130 e. The van der Waals surface area contributed by atoms with Gasteiger partial charge in [-0.2, -0.15) is 0 Å². The molecule has 0 amide bonds. The highest BCUT2D eigenvalue weighted by atomic mass is 16.5. The van der Waals surface area contributed by atoms with Crippen molar-refractivity contribution in [2.75, 3.05) is 20.8 Å². The molecule has 0 aromatic carbocycles. The number of rotatable bonds is 2. The summed E-state index contributed by atoms with van der Waals surface area (Å²) >= 11 is 0. The smallest absolute Gasteiger partial charge is 0.130 e. The zero-order valence-electron chi connectivity index (χ0n) is 9.52. The van der Waals surface area contributed by atoms with Gasteiger partial charge in [-0.15, -0.1) is 0 Å². The molecule has 1 heterocycles. The lowest BCUT2D eigenvalue weighted by Gasteiger charge is -2.28. The van der Waals surface area contributed by atoms with Crippen molar-refractivity contribution < 1.29 is 4.74 Å². The topological polar surface area (TPSA) is 37.2 Å². The van der Waals surface area contributed by atoms with E-state index in [-0.39, 0.29) is 0 Å². The number of methoxy groups -OCH3 is 1. The number of hydrogen-bond acceptors (Lipinski definition) is 4. The summed E-state index contributed by atoms with van der Waals surface area (Å²) in [5.41, 5.74) is 0. The molecular formula is C11H19N3O. The van der Waals surface area contributed by atoms with Crippen molar-refractivity contribution in [3.05, 3.63) is 0 Å². The summed E-state index contributed by atoms with van der Waals surface area (Å²) in [6, 6.07) is 0. The second-order valence-corrected chi connectivity index (χ2v) is 4.37. The van der Waals surface area contributed by atoms with E-state index in [0.717, 1.165) is 25.3 Å². The van der Waals surface area contributed by atoms with Gasteiger partial charge in [0, 0.05) is 20.1 Å². The quantitative estimate of drug-likeness (QED) is 0.691. The summed E-state index contributed by atoms with van der Waals surface area (Å²) in [6.45, 7) is 0.753. The van der Waals surface area contributed by atoms with Crippen LogP contribution in [-0.4, -0.2) is 44.0 Å². The van der Waals surface area contributed by atoms with E-state index in [0.29, 0.717) is 12.0 Å². The largest absolute Gasteiger partial charge is 0.381 e. The van der Waals surface area contributed by atoms with E-state index in [9.17, 15) is 0 Å². The number of amidine groups is 1. The molecule has 0 unspecified atom stereocenters. The van der Waals surface area contributed by atoms with Gasteiger partial charge in [0.15, 0.2) is 0 Å². The van der Waals surface area contributed by atoms with Crippen molar-refractivity contribution in [3.63, 3.8) is 0 Å². The molecule has 0 N–H and O–H groups in total. The van der Waals surface area contributed by atoms with E-state index < -0.39 is 0 Å². The Morgan fingerprint density at radius 1 is 1.33 bits per heavy atom. The Bertz CT molecular complexity index is 267. The van der Waals surface area contributed by atoms with Gasteiger partial charge in [-0.1, -0.05) is 0 Å². The average molecular weight is 209 g/mol. The van der Waals surface area contributed by atoms with Crippen LogP contribution in [0.15, 0.2) is 9.98 Å². The Balaban J connectivity index is 1.88. The first-order valence-corrected chi connectivity index (χ1v) is 5.61. The molecule has 4 nitrogen and oxygen atoms in total. The van der Waals surface area contributed by atoms with Crippen LogP contribution in [0.1, 0.15) is 25.7 Å². The van der Waals surface area contributed by atoms with Crippen LogP contribution >= 0.6 is 0 Å². The van der Waals surface area contributed by atoms with Gasteiger partial charge in [0.2, 0.25) is 0 Å². The highest BCUT2D eigenvalue weighted by Gasteiger charge is 2.25. The molecule has 1 aliphatic carbocycles. The first-order valence-electron chi connectivity index (χ1n) is 5.61. The molecule has 4 heteroatoms. The van der Waals surface area contributed by atoms with Crippen molar-refractivity contribution in [1.82, 2.24) is 4.90 Å². The summed E-state index contributed by atoms with van der Waals surface area (Å²) in [7, 11) is 3.79. The zero-order valence-corrected chi connectivity index (χ0v) is 9.52. The molecule has 15 heavy (non-hydrogen) atoms. The zero-order chi connectivity index (χ0) is 10.7. The molecule has 0 radical (unpaired) electrons. The molecule has 0 spiro atoms. The monoisotopic (exact) mass is 209 g/mol. The SMILES string of the molecule is COC1CCC(C2=NCN(C)C=N2)CC1. The van der Waals surface area contributed by atoms with Crippen LogP contribution in [0.2, 0.25) is 0 Å². The van der Waals surface area contributed by atoms with Crippen LogP contribution < -0.4 is 0 Å². The normalized spacial score (nSPS) is 31.6. The van der Waals surface area contributed by atoms with Crippen molar-refractivity contribution in [2.24, 2.45) is 15.9 Å². The molecule has 0 bridgehead atoms. The van der Waals surface area contributed by atoms with E-state index >= 15 is 0 Å². The second kappa shape index (κ2) is 4.75. The molecule has 84 valence electrons. The van der Waals surface area contributed by atoms with E-state index in [2.05, 4.69) is 9.98 Å². The molecule has 0 aromatic rings. The minimum absolute atomic E-state index is 0.456. The van der Waals surface area contributed by atoms with Crippen molar-refractivity contribution >= 4 is 12.2 Å². The van der Waals surface area contributed by atoms with E-state index in [1.807, 2.05) is 18.3 Å². The van der Waals surface area contributed by atoms with Crippen LogP contribution in [0.5, 0.6) is 0 Å². The van der Waals surface area contributed by atoms with Gasteiger partial charge in [0.25, 0.3) is 0 Å². The number of hydrogen-bond donors (Lipinski definition) is 0. The fourth-order valence-corrected chi connectivity index (χ4v) is 2.21. The lowest BCUT2D eigenvalue weighted by molar-refractivity contribution is 0.0645. The summed E-state index contributed by atoms with van der Waals surface area (Å²) in [6.07, 6.45) is 6.95. The highest BCUT2D eigenvalue weighted by molar-refractivity contribution is 5.92. The molecular weight excluding hydrogens is 190 g/mol. The van der Waals surface area contributed by atoms with E-state index in [1.165, 1.54) is 12.8 Å². The van der Waals surface area contributed by atoms with Crippen molar-refractivity contribution in [3.8, 4) is 0 Å². The minimum Gasteiger partial charge on any atom is -0.381 e. The average Bonchev–Trinajstić information content (AvgIpc) is 2.30. The molecule has 0 atom stereocenters. The Morgan fingerprint density at radius 3 is 2.60 bits per heavy atom. The predicted molar refractivity (Wildman–Crippen MR) is 61.3 cm³/mol. The Hall–Kier alpha value is -0.900. The van der Waals surface area contributed by atoms with E-state index in [1.54, 1.807) is 7.11 Å². The fourth-order valence-electron chi connectivity index (χ4n) is 2.21. The van der Waals surface area contributed by atoms with Crippen LogP contribution in [0.25, 0.3) is 0 Å². The standard InChI is InChI=1S/C11H19N3O/c1-14-7-12-11(13-8-14)9-3-5-10(15-2)6-4-9/h7,9-10H,3-6,8H2,1-2H3.